The van der Waals surface area contributed by atoms with Crippen molar-refractivity contribution in [3.05, 3.63) is 109 Å². The van der Waals surface area contributed by atoms with Gasteiger partial charge in [-0.2, -0.15) is 0 Å². The SMILES string of the molecule is CC/C=C\C/C=C\C/C=C\C/C=C\C/C=C\CCCCCCCCCCCCCCCC(=O)OCC(COC(=O)CCCCCCCCCC)OC(=O)CCCCCC/C=C\C/C=C\C/C=C\C/C=C\CC. The zero-order valence-corrected chi connectivity index (χ0v) is 46.9. The fourth-order valence-corrected chi connectivity index (χ4v) is 8.11. The summed E-state index contributed by atoms with van der Waals surface area (Å²) in [7, 11) is 0. The largest absolute Gasteiger partial charge is 0.462 e. The van der Waals surface area contributed by atoms with Gasteiger partial charge in [-0.15, -0.1) is 0 Å². The monoisotopic (exact) mass is 999 g/mol. The molecule has 0 heterocycles. The van der Waals surface area contributed by atoms with E-state index in [0.29, 0.717) is 19.3 Å². The van der Waals surface area contributed by atoms with Crippen LogP contribution in [0.5, 0.6) is 0 Å². The lowest BCUT2D eigenvalue weighted by molar-refractivity contribution is -0.167. The minimum atomic E-state index is -0.790. The van der Waals surface area contributed by atoms with Crippen molar-refractivity contribution in [3.63, 3.8) is 0 Å². The van der Waals surface area contributed by atoms with Crippen LogP contribution in [0.4, 0.5) is 0 Å². The molecule has 0 aromatic rings. The molecule has 0 aromatic carbocycles. The van der Waals surface area contributed by atoms with E-state index in [0.717, 1.165) is 128 Å². The maximum absolute atomic E-state index is 12.8. The molecule has 72 heavy (non-hydrogen) atoms. The van der Waals surface area contributed by atoms with Gasteiger partial charge in [0.1, 0.15) is 13.2 Å². The summed E-state index contributed by atoms with van der Waals surface area (Å²) in [4.78, 5) is 38.0. The van der Waals surface area contributed by atoms with Crippen LogP contribution in [-0.2, 0) is 28.6 Å². The molecule has 0 saturated carbocycles. The number of hydrogen-bond acceptors (Lipinski definition) is 6. The Balaban J connectivity index is 4.18. The molecular weight excluding hydrogens is 889 g/mol. The number of carbonyl (C=O) groups is 3. The minimum Gasteiger partial charge on any atom is -0.462 e. The van der Waals surface area contributed by atoms with E-state index >= 15 is 0 Å². The molecule has 1 unspecified atom stereocenters. The van der Waals surface area contributed by atoms with Gasteiger partial charge >= 0.3 is 17.9 Å². The quantitative estimate of drug-likeness (QED) is 0.0261. The van der Waals surface area contributed by atoms with Crippen molar-refractivity contribution < 1.29 is 28.6 Å². The fraction of sp³-hybridized carbons (Fsp3) is 0.682. The number of rotatable bonds is 53. The normalized spacial score (nSPS) is 12.9. The molecule has 0 rings (SSSR count). The number of carbonyl (C=O) groups excluding carboxylic acids is 3. The molecule has 6 nitrogen and oxygen atoms in total. The minimum absolute atomic E-state index is 0.0871. The molecule has 0 aliphatic rings. The van der Waals surface area contributed by atoms with Crippen LogP contribution in [0.25, 0.3) is 0 Å². The summed E-state index contributed by atoms with van der Waals surface area (Å²) in [6, 6.07) is 0. The zero-order valence-electron chi connectivity index (χ0n) is 46.9. The first-order valence-corrected chi connectivity index (χ1v) is 29.9. The van der Waals surface area contributed by atoms with Gasteiger partial charge in [0, 0.05) is 19.3 Å². The van der Waals surface area contributed by atoms with Gasteiger partial charge in [-0.05, 0) is 103 Å². The van der Waals surface area contributed by atoms with Crippen LogP contribution in [0.15, 0.2) is 109 Å². The van der Waals surface area contributed by atoms with Crippen molar-refractivity contribution in [1.82, 2.24) is 0 Å². The number of esters is 3. The van der Waals surface area contributed by atoms with E-state index in [1.807, 2.05) is 0 Å². The molecule has 0 spiro atoms. The Morgan fingerprint density at radius 2 is 0.542 bits per heavy atom. The first-order valence-electron chi connectivity index (χ1n) is 29.9. The Kier molecular flexibility index (Phi) is 56.4. The maximum atomic E-state index is 12.8. The fourth-order valence-electron chi connectivity index (χ4n) is 8.11. The molecule has 0 aliphatic carbocycles. The van der Waals surface area contributed by atoms with Crippen LogP contribution in [0, 0.1) is 0 Å². The zero-order chi connectivity index (χ0) is 52.2. The van der Waals surface area contributed by atoms with Gasteiger partial charge in [0.15, 0.2) is 6.10 Å². The molecule has 0 N–H and O–H groups in total. The molecule has 0 amide bonds. The Bertz CT molecular complexity index is 1470. The molecular formula is C66H110O6. The Morgan fingerprint density at radius 3 is 0.847 bits per heavy atom. The molecule has 0 radical (unpaired) electrons. The summed E-state index contributed by atoms with van der Waals surface area (Å²) >= 11 is 0. The highest BCUT2D eigenvalue weighted by Crippen LogP contribution is 2.15. The highest BCUT2D eigenvalue weighted by molar-refractivity contribution is 5.71. The van der Waals surface area contributed by atoms with E-state index in [4.69, 9.17) is 14.2 Å². The maximum Gasteiger partial charge on any atom is 0.306 e. The van der Waals surface area contributed by atoms with Crippen molar-refractivity contribution >= 4 is 17.9 Å². The molecule has 0 bridgehead atoms. The van der Waals surface area contributed by atoms with E-state index in [1.165, 1.54) is 103 Å². The van der Waals surface area contributed by atoms with Crippen LogP contribution in [-0.4, -0.2) is 37.2 Å². The first kappa shape index (κ1) is 68.1. The van der Waals surface area contributed by atoms with Crippen LogP contribution < -0.4 is 0 Å². The van der Waals surface area contributed by atoms with Crippen LogP contribution >= 0.6 is 0 Å². The lowest BCUT2D eigenvalue weighted by atomic mass is 10.0. The highest BCUT2D eigenvalue weighted by atomic mass is 16.6. The first-order chi connectivity index (χ1) is 35.5. The van der Waals surface area contributed by atoms with Gasteiger partial charge in [0.05, 0.1) is 0 Å². The standard InChI is InChI=1S/C66H110O6/c1-4-7-10-13-16-19-21-23-25-27-28-29-30-31-32-33-34-35-36-37-38-40-41-43-45-47-50-53-56-59-65(68)71-62-63(61-70-64(67)58-55-52-49-18-15-12-9-6-3)72-66(69)60-57-54-51-48-46-44-42-39-26-24-22-20-17-14-11-8-5-2/h7-8,10-11,16-17,19-20,23-26,28-29,31-32,42,44,63H,4-6,9,12-15,18,21-22,27,30,33-41,43,45-62H2,1-3H3/b10-7-,11-8-,19-16-,20-17-,25-23-,26-24-,29-28-,32-31-,44-42-. The lowest BCUT2D eigenvalue weighted by Gasteiger charge is -2.18. The Labute approximate surface area is 444 Å². The third-order valence-electron chi connectivity index (χ3n) is 12.5. The van der Waals surface area contributed by atoms with Gasteiger partial charge in [-0.1, -0.05) is 259 Å². The van der Waals surface area contributed by atoms with Gasteiger partial charge in [0.25, 0.3) is 0 Å². The smallest absolute Gasteiger partial charge is 0.306 e. The predicted octanol–water partition coefficient (Wildman–Crippen LogP) is 20.3. The van der Waals surface area contributed by atoms with Gasteiger partial charge in [0.2, 0.25) is 0 Å². The van der Waals surface area contributed by atoms with E-state index in [9.17, 15) is 14.4 Å². The molecule has 1 atom stereocenters. The number of hydrogen-bond donors (Lipinski definition) is 0. The number of unbranched alkanes of at least 4 members (excludes halogenated alkanes) is 24. The second-order valence-corrected chi connectivity index (χ2v) is 19.5. The molecule has 410 valence electrons. The summed E-state index contributed by atoms with van der Waals surface area (Å²) in [5.41, 5.74) is 0. The lowest BCUT2D eigenvalue weighted by Crippen LogP contribution is -2.30. The summed E-state index contributed by atoms with van der Waals surface area (Å²) in [6.45, 7) is 6.37. The van der Waals surface area contributed by atoms with Crippen LogP contribution in [0.3, 0.4) is 0 Å². The highest BCUT2D eigenvalue weighted by Gasteiger charge is 2.19. The van der Waals surface area contributed by atoms with Gasteiger partial charge < -0.3 is 14.2 Å². The van der Waals surface area contributed by atoms with Crippen LogP contribution in [0.1, 0.15) is 271 Å². The number of ether oxygens (including phenoxy) is 3. The Hall–Kier alpha value is -3.93. The van der Waals surface area contributed by atoms with Crippen molar-refractivity contribution in [2.45, 2.75) is 277 Å². The third kappa shape index (κ3) is 57.0. The summed E-state index contributed by atoms with van der Waals surface area (Å²) < 4.78 is 16.8. The van der Waals surface area contributed by atoms with E-state index in [1.54, 1.807) is 0 Å². The molecule has 6 heteroatoms. The van der Waals surface area contributed by atoms with E-state index < -0.39 is 6.10 Å². The van der Waals surface area contributed by atoms with Gasteiger partial charge in [-0.3, -0.25) is 14.4 Å². The second-order valence-electron chi connectivity index (χ2n) is 19.5. The van der Waals surface area contributed by atoms with Gasteiger partial charge in [-0.25, -0.2) is 0 Å². The van der Waals surface area contributed by atoms with Crippen molar-refractivity contribution in [3.8, 4) is 0 Å². The molecule has 0 saturated heterocycles. The molecule has 0 aliphatic heterocycles. The molecule has 0 aromatic heterocycles. The molecule has 0 fully saturated rings. The van der Waals surface area contributed by atoms with E-state index in [-0.39, 0.29) is 31.1 Å². The average molecular weight is 1000 g/mol. The topological polar surface area (TPSA) is 78.9 Å². The van der Waals surface area contributed by atoms with Crippen molar-refractivity contribution in [2.24, 2.45) is 0 Å². The Morgan fingerprint density at radius 1 is 0.292 bits per heavy atom. The predicted molar refractivity (Wildman–Crippen MR) is 311 cm³/mol. The van der Waals surface area contributed by atoms with Crippen LogP contribution in [0.2, 0.25) is 0 Å². The summed E-state index contributed by atoms with van der Waals surface area (Å²) in [6.07, 6.45) is 81.1. The van der Waals surface area contributed by atoms with Crippen molar-refractivity contribution in [2.75, 3.05) is 13.2 Å². The number of allylic oxidation sites excluding steroid dienone is 18. The average Bonchev–Trinajstić information content (AvgIpc) is 3.38. The second kappa shape index (κ2) is 59.6. The summed E-state index contributed by atoms with van der Waals surface area (Å²) in [5.74, 6) is -0.914. The van der Waals surface area contributed by atoms with Crippen molar-refractivity contribution in [1.29, 1.82) is 0 Å². The summed E-state index contributed by atoms with van der Waals surface area (Å²) in [5, 5.41) is 0. The van der Waals surface area contributed by atoms with E-state index in [2.05, 4.69) is 130 Å². The third-order valence-corrected chi connectivity index (χ3v) is 12.5.